The lowest BCUT2D eigenvalue weighted by Crippen LogP contribution is -2.32. The molecule has 0 heterocycles. The van der Waals surface area contributed by atoms with E-state index in [1.807, 2.05) is 30.5 Å². The molecule has 0 saturated carbocycles. The Hall–Kier alpha value is -3.20. The summed E-state index contributed by atoms with van der Waals surface area (Å²) in [6, 6.07) is 13.8. The van der Waals surface area contributed by atoms with E-state index in [0.29, 0.717) is 11.5 Å². The topological polar surface area (TPSA) is 71.8 Å². The second kappa shape index (κ2) is 8.60. The summed E-state index contributed by atoms with van der Waals surface area (Å²) in [5.74, 6) is 1.38. The normalized spacial score (nSPS) is 10.0. The molecule has 2 aromatic carbocycles. The molecule has 0 aliphatic heterocycles. The Labute approximate surface area is 147 Å². The van der Waals surface area contributed by atoms with E-state index in [-0.39, 0.29) is 6.61 Å². The zero-order valence-corrected chi connectivity index (χ0v) is 14.4. The van der Waals surface area contributed by atoms with Crippen LogP contribution in [0.2, 0.25) is 0 Å². The lowest BCUT2D eigenvalue weighted by molar-refractivity contribution is 0.117. The van der Waals surface area contributed by atoms with Crippen molar-refractivity contribution in [3.8, 4) is 17.7 Å². The molecule has 6 heteroatoms. The summed E-state index contributed by atoms with van der Waals surface area (Å²) in [7, 11) is 3.16. The van der Waals surface area contributed by atoms with Crippen LogP contribution in [0.4, 0.5) is 4.79 Å². The highest BCUT2D eigenvalue weighted by Crippen LogP contribution is 2.31. The van der Waals surface area contributed by atoms with Crippen molar-refractivity contribution in [2.45, 2.75) is 13.0 Å². The van der Waals surface area contributed by atoms with Crippen molar-refractivity contribution < 1.29 is 19.0 Å². The molecule has 0 aliphatic rings. The number of methoxy groups -OCH3 is 2. The van der Waals surface area contributed by atoms with E-state index >= 15 is 0 Å². The second-order valence-corrected chi connectivity index (χ2v) is 5.12. The van der Waals surface area contributed by atoms with Gasteiger partial charge in [0.15, 0.2) is 6.19 Å². The van der Waals surface area contributed by atoms with Crippen LogP contribution < -0.4 is 9.47 Å². The van der Waals surface area contributed by atoms with Crippen molar-refractivity contribution in [3.05, 3.63) is 59.7 Å². The molecular formula is C19H20N2O4. The lowest BCUT2D eigenvalue weighted by atomic mass is 9.97. The number of benzene rings is 2. The first-order valence-electron chi connectivity index (χ1n) is 7.78. The first-order chi connectivity index (χ1) is 12.1. The van der Waals surface area contributed by atoms with Gasteiger partial charge in [0.05, 0.1) is 20.8 Å². The minimum atomic E-state index is -0.693. The number of hydrogen-bond donors (Lipinski definition) is 0. The number of hydrogen-bond acceptors (Lipinski definition) is 5. The molecule has 1 amide bonds. The van der Waals surface area contributed by atoms with Gasteiger partial charge in [0, 0.05) is 0 Å². The summed E-state index contributed by atoms with van der Waals surface area (Å²) >= 11 is 0. The van der Waals surface area contributed by atoms with Gasteiger partial charge in [0.25, 0.3) is 0 Å². The average Bonchev–Trinajstić information content (AvgIpc) is 2.66. The molecule has 130 valence electrons. The Morgan fingerprint density at radius 2 is 1.44 bits per heavy atom. The van der Waals surface area contributed by atoms with Crippen molar-refractivity contribution in [2.24, 2.45) is 0 Å². The predicted molar refractivity (Wildman–Crippen MR) is 92.3 cm³/mol. The number of carbonyl (C=O) groups excluding carboxylic acids is 1. The largest absolute Gasteiger partial charge is 0.497 e. The molecule has 0 radical (unpaired) electrons. The molecule has 0 saturated heterocycles. The highest BCUT2D eigenvalue weighted by atomic mass is 16.6. The molecule has 0 bridgehead atoms. The zero-order valence-electron chi connectivity index (χ0n) is 14.4. The molecule has 0 atom stereocenters. The summed E-state index contributed by atoms with van der Waals surface area (Å²) in [4.78, 5) is 13.3. The van der Waals surface area contributed by atoms with Crippen LogP contribution in [0.25, 0.3) is 0 Å². The Morgan fingerprint density at radius 3 is 1.76 bits per heavy atom. The van der Waals surface area contributed by atoms with Gasteiger partial charge in [-0.15, -0.1) is 0 Å². The van der Waals surface area contributed by atoms with Crippen molar-refractivity contribution in [3.63, 3.8) is 0 Å². The maximum Gasteiger partial charge on any atom is 0.424 e. The van der Waals surface area contributed by atoms with Crippen molar-refractivity contribution in [1.82, 2.24) is 4.90 Å². The highest BCUT2D eigenvalue weighted by molar-refractivity contribution is 5.71. The molecule has 0 spiro atoms. The number of nitriles is 1. The monoisotopic (exact) mass is 340 g/mol. The Bertz CT molecular complexity index is 688. The number of nitrogens with zero attached hydrogens (tertiary/aromatic N) is 2. The van der Waals surface area contributed by atoms with Crippen molar-refractivity contribution >= 4 is 6.09 Å². The van der Waals surface area contributed by atoms with Crippen LogP contribution in [0, 0.1) is 11.5 Å². The van der Waals surface area contributed by atoms with Gasteiger partial charge in [-0.3, -0.25) is 0 Å². The van der Waals surface area contributed by atoms with Gasteiger partial charge in [-0.25, -0.2) is 9.69 Å². The highest BCUT2D eigenvalue weighted by Gasteiger charge is 2.28. The number of rotatable bonds is 6. The minimum absolute atomic E-state index is 0.189. The van der Waals surface area contributed by atoms with Gasteiger partial charge in [-0.05, 0) is 42.3 Å². The molecule has 0 unspecified atom stereocenters. The number of amides is 1. The summed E-state index contributed by atoms with van der Waals surface area (Å²) in [5, 5.41) is 9.54. The van der Waals surface area contributed by atoms with Gasteiger partial charge in [-0.1, -0.05) is 24.3 Å². The molecule has 2 rings (SSSR count). The first kappa shape index (κ1) is 18.1. The van der Waals surface area contributed by atoms with E-state index < -0.39 is 12.1 Å². The van der Waals surface area contributed by atoms with Gasteiger partial charge in [-0.2, -0.15) is 5.26 Å². The van der Waals surface area contributed by atoms with E-state index in [4.69, 9.17) is 14.2 Å². The Morgan fingerprint density at radius 1 is 1.00 bits per heavy atom. The average molecular weight is 340 g/mol. The summed E-state index contributed by atoms with van der Waals surface area (Å²) in [6.07, 6.45) is 1.24. The summed E-state index contributed by atoms with van der Waals surface area (Å²) < 4.78 is 15.4. The molecule has 6 nitrogen and oxygen atoms in total. The first-order valence-corrected chi connectivity index (χ1v) is 7.78. The lowest BCUT2D eigenvalue weighted by Gasteiger charge is -2.25. The van der Waals surface area contributed by atoms with E-state index in [9.17, 15) is 10.1 Å². The molecule has 0 N–H and O–H groups in total. The number of ether oxygens (including phenoxy) is 3. The molecule has 25 heavy (non-hydrogen) atoms. The van der Waals surface area contributed by atoms with E-state index in [2.05, 4.69) is 0 Å². The van der Waals surface area contributed by atoms with Crippen LogP contribution in [-0.2, 0) is 4.74 Å². The predicted octanol–water partition coefficient (Wildman–Crippen LogP) is 3.73. The van der Waals surface area contributed by atoms with Crippen LogP contribution in [0.3, 0.4) is 0 Å². The Balaban J connectivity index is 2.48. The second-order valence-electron chi connectivity index (χ2n) is 5.12. The molecule has 0 aliphatic carbocycles. The van der Waals surface area contributed by atoms with E-state index in [0.717, 1.165) is 16.0 Å². The molecule has 2 aromatic rings. The third kappa shape index (κ3) is 4.21. The fourth-order valence-corrected chi connectivity index (χ4v) is 2.46. The third-order valence-corrected chi connectivity index (χ3v) is 3.69. The molecule has 0 fully saturated rings. The van der Waals surface area contributed by atoms with Crippen LogP contribution in [0.5, 0.6) is 11.5 Å². The Kier molecular flexibility index (Phi) is 6.24. The fourth-order valence-electron chi connectivity index (χ4n) is 2.46. The van der Waals surface area contributed by atoms with Crippen LogP contribution in [-0.4, -0.2) is 31.8 Å². The maximum atomic E-state index is 12.2. The van der Waals surface area contributed by atoms with Crippen LogP contribution in [0.15, 0.2) is 48.5 Å². The zero-order chi connectivity index (χ0) is 18.2. The van der Waals surface area contributed by atoms with E-state index in [1.165, 1.54) is 0 Å². The van der Waals surface area contributed by atoms with E-state index in [1.54, 1.807) is 45.4 Å². The van der Waals surface area contributed by atoms with Crippen molar-refractivity contribution in [2.75, 3.05) is 20.8 Å². The smallest absolute Gasteiger partial charge is 0.424 e. The third-order valence-electron chi connectivity index (χ3n) is 3.69. The maximum absolute atomic E-state index is 12.2. The fraction of sp³-hybridized carbons (Fsp3) is 0.263. The molecule has 0 aromatic heterocycles. The van der Waals surface area contributed by atoms with Crippen molar-refractivity contribution in [1.29, 1.82) is 5.26 Å². The minimum Gasteiger partial charge on any atom is -0.497 e. The standard InChI is InChI=1S/C19H20N2O4/c1-4-25-19(22)21(13-20)18(14-5-9-16(23-2)10-6-14)15-7-11-17(24-3)12-8-15/h5-12,18H,4H2,1-3H3. The van der Waals surface area contributed by atoms with Gasteiger partial charge >= 0.3 is 6.09 Å². The van der Waals surface area contributed by atoms with Crippen LogP contribution in [0.1, 0.15) is 24.1 Å². The summed E-state index contributed by atoms with van der Waals surface area (Å²) in [5.41, 5.74) is 1.53. The van der Waals surface area contributed by atoms with Crippen LogP contribution >= 0.6 is 0 Å². The van der Waals surface area contributed by atoms with Gasteiger partial charge in [0.2, 0.25) is 0 Å². The number of carbonyl (C=O) groups is 1. The van der Waals surface area contributed by atoms with Gasteiger partial charge in [0.1, 0.15) is 17.5 Å². The van der Waals surface area contributed by atoms with Gasteiger partial charge < -0.3 is 14.2 Å². The summed E-state index contributed by atoms with van der Waals surface area (Å²) in [6.45, 7) is 1.89. The quantitative estimate of drug-likeness (QED) is 0.592. The molecular weight excluding hydrogens is 320 g/mol. The SMILES string of the molecule is CCOC(=O)N(C#N)C(c1ccc(OC)cc1)c1ccc(OC)cc1.